The van der Waals surface area contributed by atoms with Crippen LogP contribution in [-0.4, -0.2) is 44.4 Å². The average Bonchev–Trinajstić information content (AvgIpc) is 2.52. The smallest absolute Gasteiger partial charge is 0.300 e. The zero-order valence-corrected chi connectivity index (χ0v) is 11.5. The van der Waals surface area contributed by atoms with E-state index in [-0.39, 0.29) is 10.7 Å². The van der Waals surface area contributed by atoms with Gasteiger partial charge in [0.15, 0.2) is 0 Å². The van der Waals surface area contributed by atoms with E-state index in [0.29, 0.717) is 0 Å². The van der Waals surface area contributed by atoms with Gasteiger partial charge in [0.25, 0.3) is 16.3 Å². The summed E-state index contributed by atoms with van der Waals surface area (Å²) in [6.07, 6.45) is 0. The van der Waals surface area contributed by atoms with Crippen molar-refractivity contribution in [2.75, 3.05) is 12.3 Å². The summed E-state index contributed by atoms with van der Waals surface area (Å²) >= 11 is 10.1. The van der Waals surface area contributed by atoms with Crippen molar-refractivity contribution in [1.82, 2.24) is 5.32 Å². The van der Waals surface area contributed by atoms with Crippen LogP contribution in [0.5, 0.6) is 0 Å². The van der Waals surface area contributed by atoms with E-state index in [0.717, 1.165) is 19.2 Å². The molecule has 0 bridgehead atoms. The van der Waals surface area contributed by atoms with Gasteiger partial charge in [-0.05, 0) is 24.4 Å². The van der Waals surface area contributed by atoms with Crippen LogP contribution in [0, 0.1) is 0 Å². The van der Waals surface area contributed by atoms with Crippen LogP contribution in [0.3, 0.4) is 0 Å². The van der Waals surface area contributed by atoms with E-state index < -0.39 is 11.1 Å². The van der Waals surface area contributed by atoms with Crippen molar-refractivity contribution < 1.29 is 19.7 Å². The lowest BCUT2D eigenvalue weighted by Gasteiger charge is -2.09. The van der Waals surface area contributed by atoms with E-state index in [2.05, 4.69) is 35.5 Å². The highest BCUT2D eigenvalue weighted by Gasteiger charge is 2.15. The van der Waals surface area contributed by atoms with Crippen molar-refractivity contribution in [2.24, 2.45) is 11.5 Å². The van der Waals surface area contributed by atoms with Crippen LogP contribution in [0.2, 0.25) is 0 Å². The van der Waals surface area contributed by atoms with Crippen molar-refractivity contribution in [1.29, 1.82) is 0 Å². The molecule has 1 aliphatic rings. The van der Waals surface area contributed by atoms with Gasteiger partial charge in [0.05, 0.1) is 0 Å². The first-order valence-electron chi connectivity index (χ1n) is 4.24. The molecule has 0 spiro atoms. The van der Waals surface area contributed by atoms with Gasteiger partial charge in [0.2, 0.25) is 5.56 Å². The summed E-state index contributed by atoms with van der Waals surface area (Å²) in [5.74, 6) is 0.229. The Hall–Kier alpha value is -0.840. The highest BCUT2D eigenvalue weighted by molar-refractivity contribution is 8.00. The van der Waals surface area contributed by atoms with Crippen LogP contribution in [0.25, 0.3) is 0 Å². The quantitative estimate of drug-likeness (QED) is 0.413. The molecule has 1 heterocycles. The third-order valence-corrected chi connectivity index (χ3v) is 2.01. The first kappa shape index (κ1) is 18.5. The molecule has 0 radical (unpaired) electrons. The Labute approximate surface area is 114 Å². The second-order valence-corrected chi connectivity index (χ2v) is 4.44. The molecule has 0 aromatic rings. The number of nitrogens with two attached hydrogens (primary N) is 2. The molecule has 1 fully saturated rings. The summed E-state index contributed by atoms with van der Waals surface area (Å²) in [5, 5.41) is 17.7. The minimum Gasteiger partial charge on any atom is -0.487 e. The fourth-order valence-corrected chi connectivity index (χ4v) is 1.60. The number of carbonyl (C=O) groups is 1. The molecule has 1 atom stereocenters. The summed E-state index contributed by atoms with van der Waals surface area (Å²) < 4.78 is 4.97. The average molecular weight is 301 g/mol. The summed E-state index contributed by atoms with van der Waals surface area (Å²) in [7, 11) is 0. The number of ether oxygens (including phenoxy) is 1. The fourth-order valence-electron chi connectivity index (χ4n) is 0.583. The topological polar surface area (TPSA) is 131 Å². The minimum absolute atomic E-state index is 0.0116. The Morgan fingerprint density at radius 3 is 2.12 bits per heavy atom. The van der Waals surface area contributed by atoms with Crippen LogP contribution in [0.1, 0.15) is 6.92 Å². The number of thiocarbonyl (C=S) groups is 2. The molecule has 100 valence electrons. The van der Waals surface area contributed by atoms with Crippen LogP contribution in [0.4, 0.5) is 0 Å². The highest BCUT2D eigenvalue weighted by atomic mass is 32.2. The molecule has 0 aromatic carbocycles. The summed E-state index contributed by atoms with van der Waals surface area (Å²) in [6, 6.07) is 0. The molecule has 1 aliphatic heterocycles. The standard InChI is InChI=1S/C4H8N2OS2.C2H4O2.CH3NOS/c5-3(8)7-4-6-1-2-9-4;1-2(3)4;2-1(3)4/h4,6H,1-2H2,(H2,5,8);1H3,(H,3,4);(H3,2,3,4). The molecule has 7 N–H and O–H groups in total. The number of nitrogens with one attached hydrogen (secondary N) is 1. The lowest BCUT2D eigenvalue weighted by Crippen LogP contribution is -2.28. The van der Waals surface area contributed by atoms with E-state index in [1.807, 2.05) is 0 Å². The van der Waals surface area contributed by atoms with E-state index in [1.54, 1.807) is 11.8 Å². The molecule has 0 aliphatic carbocycles. The molecule has 7 nitrogen and oxygen atoms in total. The molecule has 0 aromatic heterocycles. The van der Waals surface area contributed by atoms with Crippen LogP contribution >= 0.6 is 36.2 Å². The molecular formula is C7H15N3O4S3. The Morgan fingerprint density at radius 2 is 1.88 bits per heavy atom. The number of thioether (sulfide) groups is 1. The third-order valence-electron chi connectivity index (χ3n) is 0.905. The number of rotatable bonds is 1. The van der Waals surface area contributed by atoms with E-state index in [1.165, 1.54) is 0 Å². The molecule has 17 heavy (non-hydrogen) atoms. The summed E-state index contributed by atoms with van der Waals surface area (Å²) in [6.45, 7) is 2.05. The molecule has 10 heteroatoms. The monoisotopic (exact) mass is 301 g/mol. The zero-order chi connectivity index (χ0) is 13.8. The number of hydrogen-bond donors (Lipinski definition) is 5. The van der Waals surface area contributed by atoms with Crippen LogP contribution in [0.15, 0.2) is 0 Å². The Morgan fingerprint density at radius 1 is 1.47 bits per heavy atom. The number of carboxylic acid groups (broad SMARTS) is 1. The first-order valence-corrected chi connectivity index (χ1v) is 6.11. The van der Waals surface area contributed by atoms with Gasteiger partial charge in [-0.2, -0.15) is 0 Å². The third kappa shape index (κ3) is 25.4. The molecule has 1 saturated heterocycles. The molecular weight excluding hydrogens is 286 g/mol. The number of aliphatic hydroxyl groups is 1. The number of hydrogen-bond acceptors (Lipinski definition) is 6. The van der Waals surface area contributed by atoms with E-state index in [9.17, 15) is 0 Å². The molecule has 0 saturated carbocycles. The van der Waals surface area contributed by atoms with Crippen molar-refractivity contribution in [3.05, 3.63) is 0 Å². The zero-order valence-electron chi connectivity index (χ0n) is 9.08. The largest absolute Gasteiger partial charge is 0.487 e. The summed E-state index contributed by atoms with van der Waals surface area (Å²) in [5.41, 5.74) is 9.51. The van der Waals surface area contributed by atoms with Gasteiger partial charge < -0.3 is 26.4 Å². The predicted molar refractivity (Wildman–Crippen MR) is 74.8 cm³/mol. The van der Waals surface area contributed by atoms with Crippen molar-refractivity contribution in [2.45, 2.75) is 12.5 Å². The number of aliphatic hydroxyl groups excluding tert-OH is 1. The maximum atomic E-state index is 9.00. The van der Waals surface area contributed by atoms with Gasteiger partial charge in [0.1, 0.15) is 0 Å². The number of carboxylic acids is 1. The summed E-state index contributed by atoms with van der Waals surface area (Å²) in [4.78, 5) is 9.00. The number of aliphatic carboxylic acids is 1. The van der Waals surface area contributed by atoms with Crippen LogP contribution < -0.4 is 16.8 Å². The minimum atomic E-state index is -0.833. The van der Waals surface area contributed by atoms with Gasteiger partial charge in [-0.15, -0.1) is 11.8 Å². The van der Waals surface area contributed by atoms with Gasteiger partial charge >= 0.3 is 0 Å². The Bertz CT molecular complexity index is 239. The lowest BCUT2D eigenvalue weighted by atomic mass is 10.8. The first-order chi connectivity index (χ1) is 7.75. The SMILES string of the molecule is CC(=O)O.NC(=S)OC1NCCS1.NC(O)=S. The van der Waals surface area contributed by atoms with Gasteiger partial charge in [-0.3, -0.25) is 10.1 Å². The van der Waals surface area contributed by atoms with Crippen LogP contribution in [-0.2, 0) is 9.53 Å². The van der Waals surface area contributed by atoms with Gasteiger partial charge in [-0.1, -0.05) is 0 Å². The second-order valence-electron chi connectivity index (χ2n) is 2.45. The lowest BCUT2D eigenvalue weighted by molar-refractivity contribution is -0.134. The Kier molecular flexibility index (Phi) is 12.7. The molecule has 1 rings (SSSR count). The Balaban J connectivity index is 0. The maximum absolute atomic E-state index is 9.00. The van der Waals surface area contributed by atoms with Crippen molar-refractivity contribution in [3.63, 3.8) is 0 Å². The van der Waals surface area contributed by atoms with E-state index >= 15 is 0 Å². The molecule has 1 unspecified atom stereocenters. The van der Waals surface area contributed by atoms with E-state index in [4.69, 9.17) is 25.5 Å². The van der Waals surface area contributed by atoms with Crippen molar-refractivity contribution in [3.8, 4) is 0 Å². The predicted octanol–water partition coefficient (Wildman–Crippen LogP) is -0.254. The maximum Gasteiger partial charge on any atom is 0.300 e. The van der Waals surface area contributed by atoms with Gasteiger partial charge in [0, 0.05) is 19.2 Å². The van der Waals surface area contributed by atoms with Crippen molar-refractivity contribution >= 4 is 52.5 Å². The highest BCUT2D eigenvalue weighted by Crippen LogP contribution is 2.13. The van der Waals surface area contributed by atoms with Gasteiger partial charge in [-0.25, -0.2) is 0 Å². The fraction of sp³-hybridized carbons (Fsp3) is 0.571. The normalized spacial score (nSPS) is 16.6. The molecule has 0 amide bonds. The second kappa shape index (κ2) is 11.6.